The zero-order chi connectivity index (χ0) is 13.4. The summed E-state index contributed by atoms with van der Waals surface area (Å²) in [5, 5.41) is 14.2. The first kappa shape index (κ1) is 13.7. The molecular formula is C11H15N5O2. The molecule has 0 atom stereocenters. The lowest BCUT2D eigenvalue weighted by Gasteiger charge is -2.09. The van der Waals surface area contributed by atoms with E-state index in [-0.39, 0.29) is 18.1 Å². The van der Waals surface area contributed by atoms with Gasteiger partial charge in [0.05, 0.1) is 24.4 Å². The van der Waals surface area contributed by atoms with Crippen LogP contribution in [-0.2, 0) is 9.53 Å². The number of nitrogens with one attached hydrogen (secondary N) is 2. The minimum absolute atomic E-state index is 0.0375. The summed E-state index contributed by atoms with van der Waals surface area (Å²) in [6.07, 6.45) is 1.46. The molecule has 18 heavy (non-hydrogen) atoms. The van der Waals surface area contributed by atoms with Gasteiger partial charge in [0, 0.05) is 19.9 Å². The average molecular weight is 249 g/mol. The number of amides is 1. The summed E-state index contributed by atoms with van der Waals surface area (Å²) in [5.74, 6) is 0.131. The molecular weight excluding hydrogens is 234 g/mol. The molecule has 4 N–H and O–H groups in total. The van der Waals surface area contributed by atoms with Gasteiger partial charge < -0.3 is 21.1 Å². The molecule has 1 rings (SSSR count). The van der Waals surface area contributed by atoms with Crippen molar-refractivity contribution in [1.29, 1.82) is 5.26 Å². The number of hydrogen-bond donors (Lipinski definition) is 3. The number of methoxy groups -OCH3 is 1. The van der Waals surface area contributed by atoms with Crippen LogP contribution >= 0.6 is 0 Å². The highest BCUT2D eigenvalue weighted by Crippen LogP contribution is 2.18. The van der Waals surface area contributed by atoms with E-state index in [0.717, 1.165) is 0 Å². The molecule has 7 heteroatoms. The second kappa shape index (κ2) is 7.09. The van der Waals surface area contributed by atoms with Gasteiger partial charge in [-0.2, -0.15) is 5.26 Å². The molecule has 0 bridgehead atoms. The summed E-state index contributed by atoms with van der Waals surface area (Å²) < 4.78 is 4.80. The molecule has 0 aliphatic heterocycles. The van der Waals surface area contributed by atoms with Gasteiger partial charge in [-0.25, -0.2) is 4.98 Å². The maximum atomic E-state index is 11.4. The van der Waals surface area contributed by atoms with Crippen LogP contribution < -0.4 is 16.4 Å². The Kier molecular flexibility index (Phi) is 5.41. The second-order valence-electron chi connectivity index (χ2n) is 3.43. The number of nitrogen functional groups attached to an aromatic ring is 1. The molecule has 0 spiro atoms. The maximum absolute atomic E-state index is 11.4. The molecule has 0 aliphatic rings. The zero-order valence-corrected chi connectivity index (χ0v) is 10.1. The van der Waals surface area contributed by atoms with Gasteiger partial charge in [-0.3, -0.25) is 4.79 Å². The summed E-state index contributed by atoms with van der Waals surface area (Å²) >= 11 is 0. The Balaban J connectivity index is 2.49. The summed E-state index contributed by atoms with van der Waals surface area (Å²) in [5.41, 5.74) is 6.27. The fraction of sp³-hybridized carbons (Fsp3) is 0.364. The number of nitriles is 1. The van der Waals surface area contributed by atoms with E-state index < -0.39 is 0 Å². The monoisotopic (exact) mass is 249 g/mol. The molecule has 96 valence electrons. The van der Waals surface area contributed by atoms with Gasteiger partial charge in [-0.05, 0) is 6.07 Å². The van der Waals surface area contributed by atoms with E-state index in [9.17, 15) is 4.79 Å². The molecule has 0 saturated heterocycles. The van der Waals surface area contributed by atoms with Crippen LogP contribution in [0.1, 0.15) is 5.56 Å². The first-order valence-electron chi connectivity index (χ1n) is 5.33. The zero-order valence-electron chi connectivity index (χ0n) is 10.1. The number of pyridine rings is 1. The number of ether oxygens (including phenoxy) is 1. The molecule has 1 aromatic rings. The van der Waals surface area contributed by atoms with Crippen LogP contribution in [0.15, 0.2) is 12.3 Å². The largest absolute Gasteiger partial charge is 0.395 e. The van der Waals surface area contributed by atoms with Gasteiger partial charge in [0.25, 0.3) is 0 Å². The molecule has 0 aliphatic carbocycles. The third kappa shape index (κ3) is 3.92. The SMILES string of the molecule is COCCNC(=O)CNc1nccc(C#N)c1N. The van der Waals surface area contributed by atoms with Crippen LogP contribution in [0.5, 0.6) is 0 Å². The van der Waals surface area contributed by atoms with E-state index in [2.05, 4.69) is 15.6 Å². The molecule has 1 amide bonds. The topological polar surface area (TPSA) is 113 Å². The standard InChI is InChI=1S/C11H15N5O2/c1-18-5-4-14-9(17)7-16-11-10(13)8(6-12)2-3-15-11/h2-3H,4-5,7,13H2,1H3,(H,14,17)(H,15,16). The van der Waals surface area contributed by atoms with Crippen LogP contribution in [0.3, 0.4) is 0 Å². The Morgan fingerprint density at radius 2 is 2.44 bits per heavy atom. The summed E-state index contributed by atoms with van der Waals surface area (Å²) in [6.45, 7) is 0.935. The normalized spacial score (nSPS) is 9.56. The predicted molar refractivity (Wildman–Crippen MR) is 66.7 cm³/mol. The van der Waals surface area contributed by atoms with E-state index >= 15 is 0 Å². The Morgan fingerprint density at radius 3 is 3.11 bits per heavy atom. The van der Waals surface area contributed by atoms with Crippen molar-refractivity contribution < 1.29 is 9.53 Å². The summed E-state index contributed by atoms with van der Waals surface area (Å²) in [4.78, 5) is 15.4. The number of carbonyl (C=O) groups excluding carboxylic acids is 1. The van der Waals surface area contributed by atoms with Crippen LogP contribution in [0.2, 0.25) is 0 Å². The highest BCUT2D eigenvalue weighted by Gasteiger charge is 2.07. The molecule has 0 unspecified atom stereocenters. The van der Waals surface area contributed by atoms with Crippen molar-refractivity contribution >= 4 is 17.4 Å². The fourth-order valence-electron chi connectivity index (χ4n) is 1.23. The molecule has 0 aromatic carbocycles. The summed E-state index contributed by atoms with van der Waals surface area (Å²) in [7, 11) is 1.56. The highest BCUT2D eigenvalue weighted by atomic mass is 16.5. The van der Waals surface area contributed by atoms with Gasteiger partial charge in [0.2, 0.25) is 5.91 Å². The van der Waals surface area contributed by atoms with Crippen LogP contribution in [0, 0.1) is 11.3 Å². The van der Waals surface area contributed by atoms with Crippen molar-refractivity contribution in [1.82, 2.24) is 10.3 Å². The number of anilines is 2. The van der Waals surface area contributed by atoms with Crippen molar-refractivity contribution in [2.24, 2.45) is 0 Å². The van der Waals surface area contributed by atoms with Crippen LogP contribution in [-0.4, -0.2) is 37.7 Å². The van der Waals surface area contributed by atoms with Gasteiger partial charge in [-0.15, -0.1) is 0 Å². The molecule has 1 heterocycles. The van der Waals surface area contributed by atoms with E-state index in [1.54, 1.807) is 7.11 Å². The van der Waals surface area contributed by atoms with Gasteiger partial charge in [0.1, 0.15) is 6.07 Å². The fourth-order valence-corrected chi connectivity index (χ4v) is 1.23. The first-order valence-corrected chi connectivity index (χ1v) is 5.33. The molecule has 0 saturated carbocycles. The van der Waals surface area contributed by atoms with E-state index in [1.807, 2.05) is 6.07 Å². The Hall–Kier alpha value is -2.33. The number of nitrogens with zero attached hydrogens (tertiary/aromatic N) is 2. The van der Waals surface area contributed by atoms with E-state index in [4.69, 9.17) is 15.7 Å². The molecule has 0 radical (unpaired) electrons. The first-order chi connectivity index (χ1) is 8.69. The third-order valence-electron chi connectivity index (χ3n) is 2.16. The minimum Gasteiger partial charge on any atom is -0.395 e. The lowest BCUT2D eigenvalue weighted by atomic mass is 10.2. The van der Waals surface area contributed by atoms with Crippen molar-refractivity contribution in [3.8, 4) is 6.07 Å². The predicted octanol–water partition coefficient (Wildman–Crippen LogP) is -0.290. The highest BCUT2D eigenvalue weighted by molar-refractivity contribution is 5.82. The van der Waals surface area contributed by atoms with Gasteiger partial charge in [-0.1, -0.05) is 0 Å². The van der Waals surface area contributed by atoms with E-state index in [1.165, 1.54) is 12.3 Å². The Bertz CT molecular complexity index is 455. The molecule has 1 aromatic heterocycles. The van der Waals surface area contributed by atoms with Crippen LogP contribution in [0.4, 0.5) is 11.5 Å². The number of nitrogens with two attached hydrogens (primary N) is 1. The lowest BCUT2D eigenvalue weighted by Crippen LogP contribution is -2.32. The minimum atomic E-state index is -0.199. The van der Waals surface area contributed by atoms with Crippen molar-refractivity contribution in [2.45, 2.75) is 0 Å². The second-order valence-corrected chi connectivity index (χ2v) is 3.43. The van der Waals surface area contributed by atoms with Crippen LogP contribution in [0.25, 0.3) is 0 Å². The van der Waals surface area contributed by atoms with E-state index in [0.29, 0.717) is 24.5 Å². The number of rotatable bonds is 6. The summed E-state index contributed by atoms with van der Waals surface area (Å²) in [6, 6.07) is 3.46. The Morgan fingerprint density at radius 1 is 1.67 bits per heavy atom. The smallest absolute Gasteiger partial charge is 0.239 e. The van der Waals surface area contributed by atoms with Crippen molar-refractivity contribution in [3.05, 3.63) is 17.8 Å². The van der Waals surface area contributed by atoms with Gasteiger partial charge >= 0.3 is 0 Å². The Labute approximate surface area is 105 Å². The maximum Gasteiger partial charge on any atom is 0.239 e. The van der Waals surface area contributed by atoms with Crippen molar-refractivity contribution in [2.75, 3.05) is 37.9 Å². The van der Waals surface area contributed by atoms with Gasteiger partial charge in [0.15, 0.2) is 5.82 Å². The third-order valence-corrected chi connectivity index (χ3v) is 2.16. The lowest BCUT2D eigenvalue weighted by molar-refractivity contribution is -0.119. The number of aromatic nitrogens is 1. The quantitative estimate of drug-likeness (QED) is 0.597. The van der Waals surface area contributed by atoms with Crippen molar-refractivity contribution in [3.63, 3.8) is 0 Å². The average Bonchev–Trinajstić information content (AvgIpc) is 2.38. The number of hydrogen-bond acceptors (Lipinski definition) is 6. The number of carbonyl (C=O) groups is 1. The molecule has 7 nitrogen and oxygen atoms in total. The molecule has 0 fully saturated rings.